The minimum absolute atomic E-state index is 0.00410. The van der Waals surface area contributed by atoms with Crippen LogP contribution in [0.25, 0.3) is 0 Å². The van der Waals surface area contributed by atoms with Crippen LogP contribution in [-0.4, -0.2) is 55.5 Å². The van der Waals surface area contributed by atoms with Crippen LogP contribution in [0.2, 0.25) is 0 Å². The van der Waals surface area contributed by atoms with Gasteiger partial charge in [-0.15, -0.1) is 0 Å². The molecular weight excluding hydrogens is 314 g/mol. The molecule has 0 saturated carbocycles. The average Bonchev–Trinajstić information content (AvgIpc) is 2.49. The summed E-state index contributed by atoms with van der Waals surface area (Å²) in [4.78, 5) is 14.2. The third-order valence-corrected chi connectivity index (χ3v) is 5.71. The van der Waals surface area contributed by atoms with Gasteiger partial charge in [-0.1, -0.05) is 19.1 Å². The van der Waals surface area contributed by atoms with Crippen LogP contribution in [0.15, 0.2) is 24.3 Å². The van der Waals surface area contributed by atoms with Crippen LogP contribution < -0.4 is 5.73 Å². The van der Waals surface area contributed by atoms with E-state index in [2.05, 4.69) is 0 Å². The topological polar surface area (TPSA) is 83.7 Å². The van der Waals surface area contributed by atoms with E-state index in [0.29, 0.717) is 44.6 Å². The lowest BCUT2D eigenvalue weighted by Crippen LogP contribution is -2.48. The van der Waals surface area contributed by atoms with Crippen molar-refractivity contribution in [2.24, 2.45) is 0 Å². The molecule has 0 unspecified atom stereocenters. The van der Waals surface area contributed by atoms with Gasteiger partial charge >= 0.3 is 0 Å². The van der Waals surface area contributed by atoms with E-state index in [1.165, 1.54) is 10.6 Å². The zero-order chi connectivity index (χ0) is 17.0. The van der Waals surface area contributed by atoms with E-state index in [1.807, 2.05) is 24.0 Å². The van der Waals surface area contributed by atoms with Gasteiger partial charge in [0.05, 0.1) is 12.7 Å². The largest absolute Gasteiger partial charge is 0.399 e. The minimum Gasteiger partial charge on any atom is -0.399 e. The van der Waals surface area contributed by atoms with E-state index in [4.69, 9.17) is 5.73 Å². The molecule has 0 radical (unpaired) electrons. The van der Waals surface area contributed by atoms with Crippen LogP contribution in [0.4, 0.5) is 5.69 Å². The van der Waals surface area contributed by atoms with Crippen LogP contribution in [0.3, 0.4) is 0 Å². The van der Waals surface area contributed by atoms with E-state index >= 15 is 0 Å². The Morgan fingerprint density at radius 2 is 1.83 bits per heavy atom. The number of carbonyl (C=O) groups is 1. The Hall–Kier alpha value is -1.60. The Bertz CT molecular complexity index is 635. The van der Waals surface area contributed by atoms with Crippen LogP contribution >= 0.6 is 0 Å². The molecular formula is C16H25N3O3S. The van der Waals surface area contributed by atoms with Gasteiger partial charge in [-0.25, -0.2) is 8.42 Å². The summed E-state index contributed by atoms with van der Waals surface area (Å²) < 4.78 is 25.1. The molecule has 6 nitrogen and oxygen atoms in total. The quantitative estimate of drug-likeness (QED) is 0.814. The van der Waals surface area contributed by atoms with E-state index < -0.39 is 10.0 Å². The number of amides is 1. The van der Waals surface area contributed by atoms with Gasteiger partial charge in [-0.2, -0.15) is 4.31 Å². The summed E-state index contributed by atoms with van der Waals surface area (Å²) in [6.07, 6.45) is 2.98. The summed E-state index contributed by atoms with van der Waals surface area (Å²) in [6, 6.07) is 7.31. The van der Waals surface area contributed by atoms with Crippen molar-refractivity contribution in [1.82, 2.24) is 9.21 Å². The summed E-state index contributed by atoms with van der Waals surface area (Å²) in [6.45, 7) is 3.53. The molecule has 1 aromatic carbocycles. The molecule has 1 fully saturated rings. The molecule has 1 saturated heterocycles. The predicted octanol–water partition coefficient (Wildman–Crippen LogP) is 1.08. The van der Waals surface area contributed by atoms with E-state index in [0.717, 1.165) is 5.56 Å². The van der Waals surface area contributed by atoms with Crippen molar-refractivity contribution in [3.63, 3.8) is 0 Å². The van der Waals surface area contributed by atoms with Crippen molar-refractivity contribution in [3.05, 3.63) is 29.8 Å². The van der Waals surface area contributed by atoms with Crippen LogP contribution in [0.5, 0.6) is 0 Å². The second-order valence-corrected chi connectivity index (χ2v) is 7.93. The van der Waals surface area contributed by atoms with Gasteiger partial charge in [0.25, 0.3) is 0 Å². The summed E-state index contributed by atoms with van der Waals surface area (Å²) in [5.74, 6) is 0.0793. The van der Waals surface area contributed by atoms with E-state index in [9.17, 15) is 13.2 Å². The van der Waals surface area contributed by atoms with Gasteiger partial charge in [-0.05, 0) is 30.5 Å². The van der Waals surface area contributed by atoms with Crippen LogP contribution in [-0.2, 0) is 21.2 Å². The number of benzene rings is 1. The van der Waals surface area contributed by atoms with Gasteiger partial charge in [0, 0.05) is 31.4 Å². The third kappa shape index (κ3) is 4.68. The number of nitrogen functional groups attached to an aromatic ring is 1. The fourth-order valence-corrected chi connectivity index (χ4v) is 4.31. The third-order valence-electron chi connectivity index (χ3n) is 4.30. The van der Waals surface area contributed by atoms with Crippen molar-refractivity contribution in [2.45, 2.75) is 32.2 Å². The lowest BCUT2D eigenvalue weighted by atomic mass is 10.0. The summed E-state index contributed by atoms with van der Waals surface area (Å²) >= 11 is 0. The molecule has 2 N–H and O–H groups in total. The molecule has 23 heavy (non-hydrogen) atoms. The van der Waals surface area contributed by atoms with Gasteiger partial charge in [0.1, 0.15) is 0 Å². The molecule has 0 aliphatic carbocycles. The molecule has 1 aliphatic heterocycles. The fraction of sp³-hybridized carbons (Fsp3) is 0.562. The Morgan fingerprint density at radius 1 is 1.26 bits per heavy atom. The first-order valence-corrected chi connectivity index (χ1v) is 9.75. The zero-order valence-electron chi connectivity index (χ0n) is 13.7. The van der Waals surface area contributed by atoms with Crippen LogP contribution in [0.1, 0.15) is 25.3 Å². The number of carbonyl (C=O) groups excluding carboxylic acids is 1. The first-order chi connectivity index (χ1) is 10.8. The average molecular weight is 339 g/mol. The molecule has 1 aliphatic rings. The molecule has 2 rings (SSSR count). The van der Waals surface area contributed by atoms with Gasteiger partial charge in [-0.3, -0.25) is 4.79 Å². The smallest absolute Gasteiger partial charge is 0.226 e. The molecule has 0 aromatic heterocycles. The Balaban J connectivity index is 1.91. The van der Waals surface area contributed by atoms with Crippen molar-refractivity contribution in [1.29, 1.82) is 0 Å². The number of piperidine rings is 1. The van der Waals surface area contributed by atoms with Crippen molar-refractivity contribution >= 4 is 21.6 Å². The second kappa shape index (κ2) is 7.31. The number of likely N-dealkylation sites (tertiary alicyclic amines) is 1. The van der Waals surface area contributed by atoms with E-state index in [-0.39, 0.29) is 11.9 Å². The highest BCUT2D eigenvalue weighted by molar-refractivity contribution is 7.88. The number of anilines is 1. The first-order valence-electron chi connectivity index (χ1n) is 7.90. The Labute approximate surface area is 138 Å². The first kappa shape index (κ1) is 17.7. The second-order valence-electron chi connectivity index (χ2n) is 6.00. The number of hydrogen-bond acceptors (Lipinski definition) is 4. The highest BCUT2D eigenvalue weighted by atomic mass is 32.2. The maximum Gasteiger partial charge on any atom is 0.226 e. The van der Waals surface area contributed by atoms with Crippen LogP contribution in [0, 0.1) is 0 Å². The number of nitrogens with two attached hydrogens (primary N) is 1. The highest BCUT2D eigenvalue weighted by Crippen LogP contribution is 2.19. The number of sulfonamides is 1. The molecule has 128 valence electrons. The maximum absolute atomic E-state index is 12.4. The standard InChI is InChI=1S/C16H25N3O3S/c1-3-19(23(2,21)22)15-8-10-18(11-9-15)16(20)12-13-4-6-14(17)7-5-13/h4-7,15H,3,8-12,17H2,1-2H3. The number of nitrogens with zero attached hydrogens (tertiary/aromatic N) is 2. The van der Waals surface area contributed by atoms with Gasteiger partial charge < -0.3 is 10.6 Å². The van der Waals surface area contributed by atoms with Gasteiger partial charge in [0.2, 0.25) is 15.9 Å². The lowest BCUT2D eigenvalue weighted by molar-refractivity contribution is -0.131. The van der Waals surface area contributed by atoms with Crippen molar-refractivity contribution in [2.75, 3.05) is 31.6 Å². The molecule has 1 aromatic rings. The fourth-order valence-electron chi connectivity index (χ4n) is 3.09. The Kier molecular flexibility index (Phi) is 5.64. The maximum atomic E-state index is 12.4. The molecule has 0 spiro atoms. The molecule has 1 amide bonds. The van der Waals surface area contributed by atoms with Gasteiger partial charge in [0.15, 0.2) is 0 Å². The molecule has 0 atom stereocenters. The summed E-state index contributed by atoms with van der Waals surface area (Å²) in [5, 5.41) is 0. The van der Waals surface area contributed by atoms with Crippen molar-refractivity contribution in [3.8, 4) is 0 Å². The Morgan fingerprint density at radius 3 is 2.30 bits per heavy atom. The molecule has 0 bridgehead atoms. The highest BCUT2D eigenvalue weighted by Gasteiger charge is 2.30. The van der Waals surface area contributed by atoms with E-state index in [1.54, 1.807) is 12.1 Å². The number of rotatable bonds is 5. The van der Waals surface area contributed by atoms with Crippen molar-refractivity contribution < 1.29 is 13.2 Å². The monoisotopic (exact) mass is 339 g/mol. The molecule has 1 heterocycles. The normalized spacial score (nSPS) is 16.7. The summed E-state index contributed by atoms with van der Waals surface area (Å²) in [5.41, 5.74) is 7.27. The summed E-state index contributed by atoms with van der Waals surface area (Å²) in [7, 11) is -3.19. The molecule has 7 heteroatoms. The number of hydrogen-bond donors (Lipinski definition) is 1. The zero-order valence-corrected chi connectivity index (χ0v) is 14.6. The predicted molar refractivity (Wildman–Crippen MR) is 91.4 cm³/mol. The lowest BCUT2D eigenvalue weighted by Gasteiger charge is -2.37. The SMILES string of the molecule is CCN(C1CCN(C(=O)Cc2ccc(N)cc2)CC1)S(C)(=O)=O. The minimum atomic E-state index is -3.19.